The van der Waals surface area contributed by atoms with Crippen LogP contribution in [0.5, 0.6) is 0 Å². The van der Waals surface area contributed by atoms with Crippen LogP contribution in [0.1, 0.15) is 49.7 Å². The van der Waals surface area contributed by atoms with Crippen molar-refractivity contribution in [2.45, 2.75) is 65.3 Å². The van der Waals surface area contributed by atoms with Crippen LogP contribution in [0, 0.1) is 12.8 Å². The molecule has 11 nitrogen and oxygen atoms in total. The third-order valence-corrected chi connectivity index (χ3v) is 6.87. The fourth-order valence-electron chi connectivity index (χ4n) is 4.75. The first kappa shape index (κ1) is 28.9. The van der Waals surface area contributed by atoms with E-state index in [-0.39, 0.29) is 42.8 Å². The van der Waals surface area contributed by atoms with Crippen LogP contribution >= 0.6 is 0 Å². The van der Waals surface area contributed by atoms with Crippen LogP contribution < -0.4 is 16.0 Å². The third kappa shape index (κ3) is 7.95. The van der Waals surface area contributed by atoms with Crippen LogP contribution in [0.25, 0.3) is 0 Å². The van der Waals surface area contributed by atoms with Crippen molar-refractivity contribution in [3.63, 3.8) is 0 Å². The minimum Gasteiger partial charge on any atom is -0.350 e. The van der Waals surface area contributed by atoms with Gasteiger partial charge in [-0.05, 0) is 43.9 Å². The molecule has 0 spiro atoms. The summed E-state index contributed by atoms with van der Waals surface area (Å²) in [5.41, 5.74) is 1.83. The molecule has 3 atom stereocenters. The number of fused-ring (bicyclic) bond motifs is 1. The van der Waals surface area contributed by atoms with E-state index < -0.39 is 12.1 Å². The van der Waals surface area contributed by atoms with E-state index in [0.717, 1.165) is 11.3 Å². The van der Waals surface area contributed by atoms with E-state index in [1.54, 1.807) is 20.0 Å². The van der Waals surface area contributed by atoms with Gasteiger partial charge in [-0.1, -0.05) is 50.2 Å². The van der Waals surface area contributed by atoms with Crippen LogP contribution in [0.2, 0.25) is 0 Å². The molecule has 3 heterocycles. The predicted octanol–water partition coefficient (Wildman–Crippen LogP) is 1.54. The highest BCUT2D eigenvalue weighted by Gasteiger charge is 2.28. The SMILES string of the molecule is Cc1nc2n(n1)CC(=O)N[C@H](C)C(=O)N[C@@H](C(C)C)CN(Cc1ccccn1)CC(=O)N[C@H]2Cc1ccccc1. The van der Waals surface area contributed by atoms with E-state index in [2.05, 4.69) is 31.0 Å². The second-order valence-corrected chi connectivity index (χ2v) is 10.6. The zero-order valence-electron chi connectivity index (χ0n) is 23.5. The third-order valence-electron chi connectivity index (χ3n) is 6.87. The van der Waals surface area contributed by atoms with Gasteiger partial charge in [-0.25, -0.2) is 9.67 Å². The Kier molecular flexibility index (Phi) is 9.60. The fraction of sp³-hybridized carbons (Fsp3) is 0.448. The number of nitrogens with zero attached hydrogens (tertiary/aromatic N) is 5. The zero-order valence-corrected chi connectivity index (χ0v) is 23.5. The van der Waals surface area contributed by atoms with Crippen molar-refractivity contribution in [3.05, 3.63) is 77.6 Å². The van der Waals surface area contributed by atoms with Gasteiger partial charge in [0.1, 0.15) is 18.4 Å². The maximum Gasteiger partial charge on any atom is 0.242 e. The number of aromatic nitrogens is 4. The first-order valence-corrected chi connectivity index (χ1v) is 13.6. The Balaban J connectivity index is 1.70. The Bertz CT molecular complexity index is 1300. The van der Waals surface area contributed by atoms with Gasteiger partial charge in [0, 0.05) is 25.3 Å². The van der Waals surface area contributed by atoms with Gasteiger partial charge in [0.25, 0.3) is 0 Å². The number of rotatable bonds is 5. The molecule has 3 N–H and O–H groups in total. The summed E-state index contributed by atoms with van der Waals surface area (Å²) in [4.78, 5) is 50.7. The molecule has 1 aromatic carbocycles. The molecule has 0 saturated carbocycles. The second-order valence-electron chi connectivity index (χ2n) is 10.6. The van der Waals surface area contributed by atoms with Gasteiger partial charge in [-0.2, -0.15) is 5.10 Å². The van der Waals surface area contributed by atoms with E-state index >= 15 is 0 Å². The summed E-state index contributed by atoms with van der Waals surface area (Å²) in [5.74, 6) is 0.185. The predicted molar refractivity (Wildman–Crippen MR) is 150 cm³/mol. The minimum absolute atomic E-state index is 0.0831. The van der Waals surface area contributed by atoms with Crippen LogP contribution in [-0.2, 0) is 33.9 Å². The summed E-state index contributed by atoms with van der Waals surface area (Å²) in [7, 11) is 0. The molecule has 212 valence electrons. The Morgan fingerprint density at radius 1 is 0.950 bits per heavy atom. The van der Waals surface area contributed by atoms with Gasteiger partial charge in [-0.3, -0.25) is 24.3 Å². The number of amides is 3. The van der Waals surface area contributed by atoms with Crippen molar-refractivity contribution in [2.24, 2.45) is 5.92 Å². The van der Waals surface area contributed by atoms with Gasteiger partial charge >= 0.3 is 0 Å². The van der Waals surface area contributed by atoms with Gasteiger partial charge in [0.15, 0.2) is 5.82 Å². The standard InChI is InChI=1S/C29H38N8O3/c1-19(2)25-16-36(15-23-12-8-9-13-30-23)17-26(38)33-24(14-22-10-6-5-7-11-22)28-32-21(4)35-37(28)18-27(39)31-20(3)29(40)34-25/h5-13,19-20,24-25H,14-18H2,1-4H3,(H,31,39)(H,33,38)(H,34,40)/t20-,24+,25-/m1/s1. The molecule has 3 aromatic rings. The van der Waals surface area contributed by atoms with Crippen LogP contribution in [0.3, 0.4) is 0 Å². The molecule has 1 aliphatic rings. The zero-order chi connectivity index (χ0) is 28.6. The number of carbonyl (C=O) groups is 3. The summed E-state index contributed by atoms with van der Waals surface area (Å²) in [6, 6.07) is 13.9. The molecule has 0 aliphatic carbocycles. The topological polar surface area (TPSA) is 134 Å². The quantitative estimate of drug-likeness (QED) is 0.442. The van der Waals surface area contributed by atoms with E-state index in [0.29, 0.717) is 31.2 Å². The number of pyridine rings is 1. The molecule has 0 unspecified atom stereocenters. The summed E-state index contributed by atoms with van der Waals surface area (Å²) in [6.45, 7) is 8.24. The number of benzene rings is 1. The first-order valence-electron chi connectivity index (χ1n) is 13.6. The van der Waals surface area contributed by atoms with Crippen molar-refractivity contribution in [1.29, 1.82) is 0 Å². The minimum atomic E-state index is -0.754. The number of carbonyl (C=O) groups excluding carboxylic acids is 3. The van der Waals surface area contributed by atoms with Gasteiger partial charge in [0.2, 0.25) is 17.7 Å². The molecule has 0 radical (unpaired) electrons. The fourth-order valence-corrected chi connectivity index (χ4v) is 4.75. The number of hydrogen-bond donors (Lipinski definition) is 3. The first-order chi connectivity index (χ1) is 19.2. The summed E-state index contributed by atoms with van der Waals surface area (Å²) < 4.78 is 1.51. The van der Waals surface area contributed by atoms with Crippen LogP contribution in [-0.4, -0.2) is 67.5 Å². The summed E-state index contributed by atoms with van der Waals surface area (Å²) in [5, 5.41) is 13.4. The molecule has 0 saturated heterocycles. The van der Waals surface area contributed by atoms with E-state index in [1.165, 1.54) is 4.68 Å². The molecule has 0 fully saturated rings. The molecule has 3 amide bonds. The van der Waals surface area contributed by atoms with Crippen molar-refractivity contribution >= 4 is 17.7 Å². The Morgan fingerprint density at radius 2 is 1.68 bits per heavy atom. The van der Waals surface area contributed by atoms with Crippen molar-refractivity contribution < 1.29 is 14.4 Å². The molecular formula is C29H38N8O3. The largest absolute Gasteiger partial charge is 0.350 e. The normalized spacial score (nSPS) is 21.5. The molecule has 1 aliphatic heterocycles. The lowest BCUT2D eigenvalue weighted by atomic mass is 10.0. The molecule has 11 heteroatoms. The summed E-state index contributed by atoms with van der Waals surface area (Å²) >= 11 is 0. The lowest BCUT2D eigenvalue weighted by molar-refractivity contribution is -0.129. The van der Waals surface area contributed by atoms with E-state index in [4.69, 9.17) is 0 Å². The lowest BCUT2D eigenvalue weighted by Crippen LogP contribution is -2.53. The highest BCUT2D eigenvalue weighted by atomic mass is 16.2. The Morgan fingerprint density at radius 3 is 2.38 bits per heavy atom. The van der Waals surface area contributed by atoms with Crippen molar-refractivity contribution in [2.75, 3.05) is 13.1 Å². The van der Waals surface area contributed by atoms with Gasteiger partial charge < -0.3 is 16.0 Å². The molecule has 0 bridgehead atoms. The van der Waals surface area contributed by atoms with Gasteiger partial charge in [-0.15, -0.1) is 0 Å². The number of aryl methyl sites for hydroxylation is 1. The number of hydrogen-bond acceptors (Lipinski definition) is 7. The monoisotopic (exact) mass is 546 g/mol. The average molecular weight is 547 g/mol. The van der Waals surface area contributed by atoms with Crippen molar-refractivity contribution in [1.82, 2.24) is 40.6 Å². The average Bonchev–Trinajstić information content (AvgIpc) is 3.27. The molecule has 2 aromatic heterocycles. The molecule has 4 rings (SSSR count). The van der Waals surface area contributed by atoms with Crippen molar-refractivity contribution in [3.8, 4) is 0 Å². The van der Waals surface area contributed by atoms with E-state index in [9.17, 15) is 14.4 Å². The van der Waals surface area contributed by atoms with E-state index in [1.807, 2.05) is 67.3 Å². The summed E-state index contributed by atoms with van der Waals surface area (Å²) in [6.07, 6.45) is 2.19. The molecular weight excluding hydrogens is 508 g/mol. The Labute approximate surface area is 234 Å². The Hall–Kier alpha value is -4.12. The van der Waals surface area contributed by atoms with Gasteiger partial charge in [0.05, 0.1) is 18.3 Å². The maximum atomic E-state index is 13.6. The lowest BCUT2D eigenvalue weighted by Gasteiger charge is -2.31. The smallest absolute Gasteiger partial charge is 0.242 e. The molecule has 40 heavy (non-hydrogen) atoms. The van der Waals surface area contributed by atoms with Crippen LogP contribution in [0.15, 0.2) is 54.7 Å². The maximum absolute atomic E-state index is 13.6. The van der Waals surface area contributed by atoms with Crippen LogP contribution in [0.4, 0.5) is 0 Å². The second kappa shape index (κ2) is 13.3. The highest BCUT2D eigenvalue weighted by molar-refractivity contribution is 5.87. The highest BCUT2D eigenvalue weighted by Crippen LogP contribution is 2.18. The number of nitrogens with one attached hydrogen (secondary N) is 3.